The molecule has 1 aliphatic rings. The van der Waals surface area contributed by atoms with Crippen molar-refractivity contribution >= 4 is 28.6 Å². The Morgan fingerprint density at radius 2 is 2.07 bits per heavy atom. The molecular formula is C21H28N6OS. The van der Waals surface area contributed by atoms with Crippen LogP contribution in [-0.4, -0.2) is 45.7 Å². The van der Waals surface area contributed by atoms with Gasteiger partial charge in [-0.2, -0.15) is 5.10 Å². The van der Waals surface area contributed by atoms with E-state index in [1.807, 2.05) is 34.6 Å². The summed E-state index contributed by atoms with van der Waals surface area (Å²) in [4.78, 5) is 20.2. The first-order valence-corrected chi connectivity index (χ1v) is 11.2. The van der Waals surface area contributed by atoms with Crippen LogP contribution in [0.15, 0.2) is 30.0 Å². The predicted molar refractivity (Wildman–Crippen MR) is 118 cm³/mol. The van der Waals surface area contributed by atoms with Gasteiger partial charge in [-0.3, -0.25) is 4.79 Å². The van der Waals surface area contributed by atoms with Crippen molar-refractivity contribution in [1.82, 2.24) is 19.9 Å². The summed E-state index contributed by atoms with van der Waals surface area (Å²) in [7, 11) is 0. The number of fused-ring (bicyclic) bond motifs is 1. The number of aromatic nitrogens is 3. The summed E-state index contributed by atoms with van der Waals surface area (Å²) in [5.74, 6) is -0.00928. The maximum absolute atomic E-state index is 12.5. The van der Waals surface area contributed by atoms with E-state index in [4.69, 9.17) is 5.73 Å². The van der Waals surface area contributed by atoms with Gasteiger partial charge in [0, 0.05) is 30.7 Å². The molecule has 0 aromatic carbocycles. The molecule has 1 fully saturated rings. The van der Waals surface area contributed by atoms with Crippen molar-refractivity contribution in [3.63, 3.8) is 0 Å². The van der Waals surface area contributed by atoms with E-state index >= 15 is 0 Å². The number of carbonyl (C=O) groups excluding carboxylic acids is 1. The predicted octanol–water partition coefficient (Wildman–Crippen LogP) is 3.30. The fourth-order valence-electron chi connectivity index (χ4n) is 3.74. The summed E-state index contributed by atoms with van der Waals surface area (Å²) in [6.07, 6.45) is 9.62. The Kier molecular flexibility index (Phi) is 5.82. The van der Waals surface area contributed by atoms with Gasteiger partial charge in [0.15, 0.2) is 5.65 Å². The Bertz CT molecular complexity index is 984. The normalized spacial score (nSPS) is 15.4. The van der Waals surface area contributed by atoms with Crippen molar-refractivity contribution in [3.8, 4) is 11.1 Å². The Balaban J connectivity index is 1.54. The van der Waals surface area contributed by atoms with Crippen LogP contribution in [0.25, 0.3) is 16.8 Å². The highest BCUT2D eigenvalue weighted by Crippen LogP contribution is 2.29. The second-order valence-electron chi connectivity index (χ2n) is 7.65. The molecule has 8 heteroatoms. The van der Waals surface area contributed by atoms with Crippen molar-refractivity contribution in [1.29, 1.82) is 0 Å². The highest BCUT2D eigenvalue weighted by Gasteiger charge is 2.19. The molecule has 0 radical (unpaired) electrons. The molecule has 0 atom stereocenters. The summed E-state index contributed by atoms with van der Waals surface area (Å²) < 4.78 is 1.82. The van der Waals surface area contributed by atoms with E-state index < -0.39 is 0 Å². The van der Waals surface area contributed by atoms with Crippen LogP contribution in [-0.2, 0) is 0 Å². The zero-order valence-corrected chi connectivity index (χ0v) is 17.8. The van der Waals surface area contributed by atoms with Crippen LogP contribution >= 0.6 is 11.3 Å². The highest BCUT2D eigenvalue weighted by atomic mass is 32.1. The van der Waals surface area contributed by atoms with E-state index in [-0.39, 0.29) is 11.9 Å². The zero-order chi connectivity index (χ0) is 20.4. The Hall–Kier alpha value is -2.45. The number of anilines is 1. The van der Waals surface area contributed by atoms with Crippen molar-refractivity contribution < 1.29 is 4.79 Å². The molecule has 29 heavy (non-hydrogen) atoms. The minimum atomic E-state index is -0.00928. The average Bonchev–Trinajstić information content (AvgIpc) is 3.39. The number of thiophene rings is 1. The summed E-state index contributed by atoms with van der Waals surface area (Å²) in [6, 6.07) is 2.45. The van der Waals surface area contributed by atoms with Gasteiger partial charge in [-0.15, -0.1) is 11.3 Å². The van der Waals surface area contributed by atoms with E-state index in [9.17, 15) is 4.79 Å². The van der Waals surface area contributed by atoms with E-state index in [1.54, 1.807) is 0 Å². The fourth-order valence-corrected chi connectivity index (χ4v) is 4.55. The molecule has 0 saturated carbocycles. The lowest BCUT2D eigenvalue weighted by Gasteiger charge is -2.31. The molecule has 0 aliphatic carbocycles. The van der Waals surface area contributed by atoms with E-state index in [2.05, 4.69) is 34.1 Å². The molecule has 3 aromatic rings. The highest BCUT2D eigenvalue weighted by molar-refractivity contribution is 7.12. The fraction of sp³-hybridized carbons (Fsp3) is 0.476. The molecule has 1 aliphatic heterocycles. The number of nitrogens with zero attached hydrogens (tertiary/aromatic N) is 4. The lowest BCUT2D eigenvalue weighted by Crippen LogP contribution is -2.39. The van der Waals surface area contributed by atoms with Gasteiger partial charge in [-0.25, -0.2) is 9.50 Å². The second-order valence-corrected chi connectivity index (χ2v) is 8.56. The topological polar surface area (TPSA) is 88.6 Å². The van der Waals surface area contributed by atoms with Gasteiger partial charge in [0.2, 0.25) is 0 Å². The molecule has 0 bridgehead atoms. The van der Waals surface area contributed by atoms with E-state index in [0.29, 0.717) is 10.9 Å². The van der Waals surface area contributed by atoms with Crippen LogP contribution < -0.4 is 16.0 Å². The number of piperidine rings is 1. The van der Waals surface area contributed by atoms with Crippen molar-refractivity contribution in [2.45, 2.75) is 51.6 Å². The Labute approximate surface area is 174 Å². The van der Waals surface area contributed by atoms with Crippen LogP contribution in [0, 0.1) is 0 Å². The molecule has 3 N–H and O–H groups in total. The average molecular weight is 413 g/mol. The molecule has 4 rings (SSSR count). The van der Waals surface area contributed by atoms with Crippen molar-refractivity contribution in [2.75, 3.05) is 18.0 Å². The smallest absolute Gasteiger partial charge is 0.261 e. The molecule has 4 heterocycles. The van der Waals surface area contributed by atoms with Gasteiger partial charge >= 0.3 is 0 Å². The third kappa shape index (κ3) is 4.13. The van der Waals surface area contributed by atoms with E-state index in [0.717, 1.165) is 61.2 Å². The summed E-state index contributed by atoms with van der Waals surface area (Å²) in [6.45, 7) is 6.07. The van der Waals surface area contributed by atoms with Gasteiger partial charge in [0.1, 0.15) is 0 Å². The number of hydrogen-bond acceptors (Lipinski definition) is 6. The third-order valence-electron chi connectivity index (χ3n) is 5.70. The van der Waals surface area contributed by atoms with Crippen LogP contribution in [0.3, 0.4) is 0 Å². The number of hydrogen-bond donors (Lipinski definition) is 2. The first kappa shape index (κ1) is 19.8. The van der Waals surface area contributed by atoms with Gasteiger partial charge in [0.05, 0.1) is 29.2 Å². The number of carbonyl (C=O) groups is 1. The molecule has 7 nitrogen and oxygen atoms in total. The quantitative estimate of drug-likeness (QED) is 0.648. The van der Waals surface area contributed by atoms with Gasteiger partial charge in [0.25, 0.3) is 5.91 Å². The van der Waals surface area contributed by atoms with Gasteiger partial charge in [-0.1, -0.05) is 13.8 Å². The Morgan fingerprint density at radius 3 is 2.79 bits per heavy atom. The minimum Gasteiger partial charge on any atom is -0.369 e. The number of amides is 1. The minimum absolute atomic E-state index is 0.00928. The molecule has 3 aromatic heterocycles. The molecule has 0 unspecified atom stereocenters. The Morgan fingerprint density at radius 1 is 1.31 bits per heavy atom. The van der Waals surface area contributed by atoms with Gasteiger partial charge < -0.3 is 16.0 Å². The number of rotatable bonds is 6. The number of nitrogens with two attached hydrogens (primary N) is 1. The molecular weight excluding hydrogens is 384 g/mol. The van der Waals surface area contributed by atoms with Crippen molar-refractivity contribution in [3.05, 3.63) is 34.9 Å². The molecule has 0 spiro atoms. The first-order valence-electron chi connectivity index (χ1n) is 10.3. The maximum Gasteiger partial charge on any atom is 0.261 e. The lowest BCUT2D eigenvalue weighted by molar-refractivity contribution is 0.0939. The first-order chi connectivity index (χ1) is 14.1. The van der Waals surface area contributed by atoms with Crippen LogP contribution in [0.2, 0.25) is 0 Å². The largest absolute Gasteiger partial charge is 0.369 e. The van der Waals surface area contributed by atoms with E-state index in [1.165, 1.54) is 11.3 Å². The monoisotopic (exact) mass is 412 g/mol. The van der Waals surface area contributed by atoms with Crippen molar-refractivity contribution in [2.24, 2.45) is 5.73 Å². The molecule has 1 saturated heterocycles. The lowest BCUT2D eigenvalue weighted by atomic mass is 10.1. The van der Waals surface area contributed by atoms with Crippen LogP contribution in [0.1, 0.15) is 49.2 Å². The standard InChI is InChI=1S/C21H28N6OS/c1-3-16(4-2)25-21(28)19-9-14(13-29-19)18-11-24-27-12-17(10-23-20(18)27)26-7-5-15(22)6-8-26/h9-13,15-16H,3-8,22H2,1-2H3,(H,25,28). The summed E-state index contributed by atoms with van der Waals surface area (Å²) >= 11 is 1.46. The van der Waals surface area contributed by atoms with Crippen LogP contribution in [0.5, 0.6) is 0 Å². The third-order valence-corrected chi connectivity index (χ3v) is 6.63. The van der Waals surface area contributed by atoms with Gasteiger partial charge in [-0.05, 0) is 42.7 Å². The molecule has 1 amide bonds. The molecule has 154 valence electrons. The summed E-state index contributed by atoms with van der Waals surface area (Å²) in [5, 5.41) is 9.60. The SMILES string of the molecule is CCC(CC)NC(=O)c1cc(-c2cnn3cc(N4CCC(N)CC4)cnc23)cs1. The zero-order valence-electron chi connectivity index (χ0n) is 17.0. The number of nitrogens with one attached hydrogen (secondary N) is 1. The second kappa shape index (κ2) is 8.51. The maximum atomic E-state index is 12.5. The van der Waals surface area contributed by atoms with Crippen LogP contribution in [0.4, 0.5) is 5.69 Å². The summed E-state index contributed by atoms with van der Waals surface area (Å²) in [5.41, 5.74) is 9.79.